The van der Waals surface area contributed by atoms with Gasteiger partial charge >= 0.3 is 0 Å². The number of nitrogens with zero attached hydrogens (tertiary/aromatic N) is 2. The first kappa shape index (κ1) is 12.3. The van der Waals surface area contributed by atoms with Gasteiger partial charge in [0.05, 0.1) is 12.2 Å². The number of ether oxygens (including phenoxy) is 2. The van der Waals surface area contributed by atoms with Crippen molar-refractivity contribution in [2.75, 3.05) is 19.8 Å². The highest BCUT2D eigenvalue weighted by atomic mass is 16.5. The molecule has 0 unspecified atom stereocenters. The second kappa shape index (κ2) is 6.62. The molecular formula is C10H15N3O3. The zero-order valence-corrected chi connectivity index (χ0v) is 9.09. The highest BCUT2D eigenvalue weighted by Gasteiger charge is 2.08. The maximum atomic E-state index is 8.58. The fourth-order valence-corrected chi connectivity index (χ4v) is 1.10. The lowest BCUT2D eigenvalue weighted by atomic mass is 10.2. The summed E-state index contributed by atoms with van der Waals surface area (Å²) in [6.45, 7) is 3.39. The molecule has 88 valence electrons. The normalized spacial score (nSPS) is 11.4. The lowest BCUT2D eigenvalue weighted by Crippen LogP contribution is -2.16. The van der Waals surface area contributed by atoms with Crippen LogP contribution in [0, 0.1) is 0 Å². The predicted octanol–water partition coefficient (Wildman–Crippen LogP) is 0.591. The summed E-state index contributed by atoms with van der Waals surface area (Å²) in [5.74, 6) is 0.303. The summed E-state index contributed by atoms with van der Waals surface area (Å²) in [5, 5.41) is 11.5. The average Bonchev–Trinajstić information content (AvgIpc) is 2.34. The number of oxime groups is 1. The molecule has 0 amide bonds. The first-order valence-electron chi connectivity index (χ1n) is 4.93. The SMILES string of the molecule is CCOCCOc1ncccc1/C(N)=N/O. The number of nitrogens with two attached hydrogens (primary N) is 1. The van der Waals surface area contributed by atoms with Crippen LogP contribution in [0.15, 0.2) is 23.5 Å². The van der Waals surface area contributed by atoms with Gasteiger partial charge in [-0.15, -0.1) is 0 Å². The topological polar surface area (TPSA) is 90.0 Å². The molecule has 0 radical (unpaired) electrons. The number of aromatic nitrogens is 1. The third-order valence-corrected chi connectivity index (χ3v) is 1.83. The third-order valence-electron chi connectivity index (χ3n) is 1.83. The lowest BCUT2D eigenvalue weighted by molar-refractivity contribution is 0.108. The zero-order valence-electron chi connectivity index (χ0n) is 9.09. The van der Waals surface area contributed by atoms with E-state index < -0.39 is 0 Å². The molecule has 0 spiro atoms. The summed E-state index contributed by atoms with van der Waals surface area (Å²) in [6.07, 6.45) is 1.57. The molecule has 0 fully saturated rings. The Morgan fingerprint density at radius 1 is 1.56 bits per heavy atom. The fourth-order valence-electron chi connectivity index (χ4n) is 1.10. The van der Waals surface area contributed by atoms with Crippen molar-refractivity contribution in [2.45, 2.75) is 6.92 Å². The van der Waals surface area contributed by atoms with Gasteiger partial charge in [0, 0.05) is 12.8 Å². The Kier molecular flexibility index (Phi) is 5.07. The molecule has 0 aliphatic rings. The molecule has 0 aromatic carbocycles. The van der Waals surface area contributed by atoms with Crippen LogP contribution in [0.3, 0.4) is 0 Å². The Morgan fingerprint density at radius 3 is 3.06 bits per heavy atom. The van der Waals surface area contributed by atoms with Crippen LogP contribution in [0.25, 0.3) is 0 Å². The summed E-state index contributed by atoms with van der Waals surface area (Å²) in [4.78, 5) is 4.00. The molecule has 1 aromatic heterocycles. The van der Waals surface area contributed by atoms with Crippen molar-refractivity contribution in [1.29, 1.82) is 0 Å². The number of rotatable bonds is 6. The van der Waals surface area contributed by atoms with Crippen molar-refractivity contribution in [1.82, 2.24) is 4.98 Å². The van der Waals surface area contributed by atoms with Gasteiger partial charge in [0.2, 0.25) is 5.88 Å². The number of hydrogen-bond donors (Lipinski definition) is 2. The zero-order chi connectivity index (χ0) is 11.8. The molecule has 0 aliphatic heterocycles. The Hall–Kier alpha value is -1.82. The molecule has 0 saturated carbocycles. The van der Waals surface area contributed by atoms with E-state index in [4.69, 9.17) is 20.4 Å². The Labute approximate surface area is 93.7 Å². The average molecular weight is 225 g/mol. The van der Waals surface area contributed by atoms with E-state index in [0.717, 1.165) is 0 Å². The number of hydrogen-bond acceptors (Lipinski definition) is 5. The van der Waals surface area contributed by atoms with Crippen LogP contribution in [0.4, 0.5) is 0 Å². The largest absolute Gasteiger partial charge is 0.475 e. The molecule has 0 atom stereocenters. The van der Waals surface area contributed by atoms with Crippen LogP contribution >= 0.6 is 0 Å². The second-order valence-corrected chi connectivity index (χ2v) is 2.89. The van der Waals surface area contributed by atoms with Gasteiger partial charge in [0.25, 0.3) is 0 Å². The van der Waals surface area contributed by atoms with E-state index in [1.165, 1.54) is 0 Å². The van der Waals surface area contributed by atoms with Crippen molar-refractivity contribution >= 4 is 5.84 Å². The predicted molar refractivity (Wildman–Crippen MR) is 58.7 cm³/mol. The van der Waals surface area contributed by atoms with E-state index in [2.05, 4.69) is 10.1 Å². The number of amidine groups is 1. The summed E-state index contributed by atoms with van der Waals surface area (Å²) < 4.78 is 10.5. The smallest absolute Gasteiger partial charge is 0.224 e. The van der Waals surface area contributed by atoms with E-state index in [0.29, 0.717) is 31.3 Å². The molecule has 1 rings (SSSR count). The summed E-state index contributed by atoms with van der Waals surface area (Å²) >= 11 is 0. The minimum Gasteiger partial charge on any atom is -0.475 e. The highest BCUT2D eigenvalue weighted by molar-refractivity contribution is 5.98. The molecule has 16 heavy (non-hydrogen) atoms. The van der Waals surface area contributed by atoms with E-state index in [1.807, 2.05) is 6.92 Å². The van der Waals surface area contributed by atoms with Crippen molar-refractivity contribution in [3.63, 3.8) is 0 Å². The van der Waals surface area contributed by atoms with Crippen LogP contribution in [0.2, 0.25) is 0 Å². The quantitative estimate of drug-likeness (QED) is 0.243. The first-order chi connectivity index (χ1) is 7.79. The van der Waals surface area contributed by atoms with Crippen molar-refractivity contribution in [2.24, 2.45) is 10.9 Å². The molecule has 0 aliphatic carbocycles. The number of pyridine rings is 1. The van der Waals surface area contributed by atoms with Gasteiger partial charge < -0.3 is 20.4 Å². The molecule has 1 heterocycles. The van der Waals surface area contributed by atoms with Gasteiger partial charge in [0.1, 0.15) is 6.61 Å². The minimum absolute atomic E-state index is 0.0282. The molecule has 0 saturated heterocycles. The third kappa shape index (κ3) is 3.39. The van der Waals surface area contributed by atoms with Crippen molar-refractivity contribution in [3.8, 4) is 5.88 Å². The Bertz CT molecular complexity index is 355. The van der Waals surface area contributed by atoms with Gasteiger partial charge in [-0.05, 0) is 19.1 Å². The van der Waals surface area contributed by atoms with Crippen molar-refractivity contribution < 1.29 is 14.7 Å². The standard InChI is InChI=1S/C10H15N3O3/c1-2-15-6-7-16-10-8(9(11)13-14)4-3-5-12-10/h3-5,14H,2,6-7H2,1H3,(H2,11,13). The molecule has 6 nitrogen and oxygen atoms in total. The lowest BCUT2D eigenvalue weighted by Gasteiger charge is -2.08. The molecular weight excluding hydrogens is 210 g/mol. The molecule has 1 aromatic rings. The van der Waals surface area contributed by atoms with Crippen LogP contribution in [0.5, 0.6) is 5.88 Å². The second-order valence-electron chi connectivity index (χ2n) is 2.89. The Morgan fingerprint density at radius 2 is 2.38 bits per heavy atom. The summed E-state index contributed by atoms with van der Waals surface area (Å²) in [5.41, 5.74) is 5.93. The van der Waals surface area contributed by atoms with Crippen LogP contribution in [-0.2, 0) is 4.74 Å². The van der Waals surface area contributed by atoms with Crippen LogP contribution in [-0.4, -0.2) is 35.8 Å². The van der Waals surface area contributed by atoms with Crippen molar-refractivity contribution in [3.05, 3.63) is 23.9 Å². The van der Waals surface area contributed by atoms with Gasteiger partial charge in [0.15, 0.2) is 5.84 Å². The molecule has 0 bridgehead atoms. The van der Waals surface area contributed by atoms with E-state index in [9.17, 15) is 0 Å². The monoisotopic (exact) mass is 225 g/mol. The van der Waals surface area contributed by atoms with Gasteiger partial charge in [-0.2, -0.15) is 0 Å². The van der Waals surface area contributed by atoms with E-state index >= 15 is 0 Å². The summed E-state index contributed by atoms with van der Waals surface area (Å²) in [7, 11) is 0. The van der Waals surface area contributed by atoms with E-state index in [1.54, 1.807) is 18.3 Å². The maximum absolute atomic E-state index is 8.58. The van der Waals surface area contributed by atoms with E-state index in [-0.39, 0.29) is 5.84 Å². The Balaban J connectivity index is 2.64. The van der Waals surface area contributed by atoms with Gasteiger partial charge in [-0.1, -0.05) is 5.16 Å². The molecule has 6 heteroatoms. The van der Waals surface area contributed by atoms with Crippen LogP contribution in [0.1, 0.15) is 12.5 Å². The first-order valence-corrected chi connectivity index (χ1v) is 4.93. The van der Waals surface area contributed by atoms with Gasteiger partial charge in [-0.3, -0.25) is 0 Å². The fraction of sp³-hybridized carbons (Fsp3) is 0.400. The van der Waals surface area contributed by atoms with Gasteiger partial charge in [-0.25, -0.2) is 4.98 Å². The minimum atomic E-state index is -0.0282. The summed E-state index contributed by atoms with van der Waals surface area (Å²) in [6, 6.07) is 3.35. The van der Waals surface area contributed by atoms with Crippen LogP contribution < -0.4 is 10.5 Å². The highest BCUT2D eigenvalue weighted by Crippen LogP contribution is 2.13. The molecule has 3 N–H and O–H groups in total. The maximum Gasteiger partial charge on any atom is 0.224 e.